The predicted octanol–water partition coefficient (Wildman–Crippen LogP) is 4.37. The largest absolute Gasteiger partial charge is 0.398 e. The minimum absolute atomic E-state index is 0.807. The number of allylic oxidation sites excluding steroid dienone is 3. The lowest BCUT2D eigenvalue weighted by Crippen LogP contribution is -1.94. The monoisotopic (exact) mass is 217 g/mol. The SMILES string of the molecule is CC(C)=C/C=C(\N)c1ccccc1.CCC. The summed E-state index contributed by atoms with van der Waals surface area (Å²) >= 11 is 0. The Morgan fingerprint density at radius 3 is 2.00 bits per heavy atom. The van der Waals surface area contributed by atoms with Crippen molar-refractivity contribution in [3.8, 4) is 0 Å². The summed E-state index contributed by atoms with van der Waals surface area (Å²) in [6.45, 7) is 8.35. The van der Waals surface area contributed by atoms with Crippen LogP contribution < -0.4 is 5.73 Å². The molecule has 1 aromatic rings. The van der Waals surface area contributed by atoms with Gasteiger partial charge in [0.2, 0.25) is 0 Å². The van der Waals surface area contributed by atoms with E-state index in [1.807, 2.05) is 42.5 Å². The summed E-state index contributed by atoms with van der Waals surface area (Å²) in [5, 5.41) is 0. The summed E-state index contributed by atoms with van der Waals surface area (Å²) in [7, 11) is 0. The molecular weight excluding hydrogens is 194 g/mol. The average Bonchev–Trinajstić information content (AvgIpc) is 2.28. The first kappa shape index (κ1) is 14.5. The molecular formula is C15H23N. The van der Waals surface area contributed by atoms with Crippen LogP contribution in [0.15, 0.2) is 48.1 Å². The molecule has 1 rings (SSSR count). The van der Waals surface area contributed by atoms with Gasteiger partial charge in [-0.3, -0.25) is 0 Å². The lowest BCUT2D eigenvalue weighted by atomic mass is 10.1. The van der Waals surface area contributed by atoms with Crippen molar-refractivity contribution in [1.82, 2.24) is 0 Å². The molecule has 0 aromatic heterocycles. The number of nitrogens with two attached hydrogens (primary N) is 1. The maximum absolute atomic E-state index is 5.86. The van der Waals surface area contributed by atoms with Gasteiger partial charge in [0, 0.05) is 5.70 Å². The van der Waals surface area contributed by atoms with Gasteiger partial charge in [-0.05, 0) is 25.5 Å². The van der Waals surface area contributed by atoms with Gasteiger partial charge in [-0.1, -0.05) is 62.2 Å². The van der Waals surface area contributed by atoms with E-state index in [4.69, 9.17) is 5.73 Å². The summed E-state index contributed by atoms with van der Waals surface area (Å²) in [6, 6.07) is 9.96. The first-order chi connectivity index (χ1) is 7.61. The maximum atomic E-state index is 5.86. The zero-order chi connectivity index (χ0) is 12.4. The van der Waals surface area contributed by atoms with Crippen molar-refractivity contribution in [2.45, 2.75) is 34.1 Å². The Labute approximate surface area is 99.7 Å². The van der Waals surface area contributed by atoms with Crippen LogP contribution in [-0.4, -0.2) is 0 Å². The fourth-order valence-electron chi connectivity index (χ4n) is 0.983. The summed E-state index contributed by atoms with van der Waals surface area (Å²) in [5.41, 5.74) is 8.99. The molecule has 1 nitrogen and oxygen atoms in total. The molecule has 0 heterocycles. The van der Waals surface area contributed by atoms with E-state index in [0.717, 1.165) is 11.3 Å². The van der Waals surface area contributed by atoms with Crippen molar-refractivity contribution >= 4 is 5.70 Å². The highest BCUT2D eigenvalue weighted by Gasteiger charge is 1.91. The maximum Gasteiger partial charge on any atom is 0.0387 e. The van der Waals surface area contributed by atoms with Gasteiger partial charge < -0.3 is 5.73 Å². The van der Waals surface area contributed by atoms with Crippen LogP contribution in [0.1, 0.15) is 39.7 Å². The molecule has 2 N–H and O–H groups in total. The standard InChI is InChI=1S/C12H15N.C3H8/c1-10(2)8-9-12(13)11-6-4-3-5-7-11;1-3-2/h3-9H,13H2,1-2H3;3H2,1-2H3/b12-9-;. The number of hydrogen-bond acceptors (Lipinski definition) is 1. The van der Waals surface area contributed by atoms with Gasteiger partial charge in [-0.2, -0.15) is 0 Å². The van der Waals surface area contributed by atoms with Gasteiger partial charge in [-0.15, -0.1) is 0 Å². The molecule has 0 aliphatic rings. The van der Waals surface area contributed by atoms with Crippen LogP contribution >= 0.6 is 0 Å². The van der Waals surface area contributed by atoms with Gasteiger partial charge in [0.15, 0.2) is 0 Å². The van der Waals surface area contributed by atoms with Gasteiger partial charge in [0.05, 0.1) is 0 Å². The van der Waals surface area contributed by atoms with E-state index >= 15 is 0 Å². The molecule has 0 aliphatic carbocycles. The molecule has 0 saturated carbocycles. The lowest BCUT2D eigenvalue weighted by molar-refractivity contribution is 1.09. The van der Waals surface area contributed by atoms with Crippen molar-refractivity contribution in [2.24, 2.45) is 5.73 Å². The Morgan fingerprint density at radius 2 is 1.56 bits per heavy atom. The minimum Gasteiger partial charge on any atom is -0.398 e. The van der Waals surface area contributed by atoms with Gasteiger partial charge in [0.25, 0.3) is 0 Å². The molecule has 0 aliphatic heterocycles. The third-order valence-electron chi connectivity index (χ3n) is 1.70. The van der Waals surface area contributed by atoms with E-state index in [2.05, 4.69) is 27.7 Å². The second-order valence-corrected chi connectivity index (χ2v) is 3.94. The van der Waals surface area contributed by atoms with Crippen molar-refractivity contribution in [3.63, 3.8) is 0 Å². The molecule has 1 aromatic carbocycles. The highest BCUT2D eigenvalue weighted by Crippen LogP contribution is 2.08. The Bertz CT molecular complexity index is 330. The second-order valence-electron chi connectivity index (χ2n) is 3.94. The highest BCUT2D eigenvalue weighted by atomic mass is 14.6. The molecule has 0 atom stereocenters. The minimum atomic E-state index is 0.807. The van der Waals surface area contributed by atoms with Crippen molar-refractivity contribution in [3.05, 3.63) is 53.6 Å². The topological polar surface area (TPSA) is 26.0 Å². The first-order valence-corrected chi connectivity index (χ1v) is 5.77. The van der Waals surface area contributed by atoms with E-state index in [0.29, 0.717) is 0 Å². The van der Waals surface area contributed by atoms with Gasteiger partial charge >= 0.3 is 0 Å². The number of benzene rings is 1. The van der Waals surface area contributed by atoms with Crippen LogP contribution in [0.2, 0.25) is 0 Å². The van der Waals surface area contributed by atoms with Gasteiger partial charge in [0.1, 0.15) is 0 Å². The molecule has 0 bridgehead atoms. The summed E-state index contributed by atoms with van der Waals surface area (Å²) in [4.78, 5) is 0. The number of rotatable bonds is 2. The van der Waals surface area contributed by atoms with E-state index in [9.17, 15) is 0 Å². The van der Waals surface area contributed by atoms with Crippen molar-refractivity contribution < 1.29 is 0 Å². The zero-order valence-electron chi connectivity index (χ0n) is 10.8. The van der Waals surface area contributed by atoms with Crippen LogP contribution in [0.25, 0.3) is 5.70 Å². The molecule has 88 valence electrons. The molecule has 0 unspecified atom stereocenters. The van der Waals surface area contributed by atoms with Crippen LogP contribution in [0.5, 0.6) is 0 Å². The molecule has 0 saturated heterocycles. The molecule has 16 heavy (non-hydrogen) atoms. The number of hydrogen-bond donors (Lipinski definition) is 1. The molecule has 0 radical (unpaired) electrons. The Balaban J connectivity index is 0.000000673. The van der Waals surface area contributed by atoms with Gasteiger partial charge in [-0.25, -0.2) is 0 Å². The smallest absolute Gasteiger partial charge is 0.0387 e. The molecule has 1 heteroatoms. The molecule has 0 spiro atoms. The molecule has 0 fully saturated rings. The Morgan fingerprint density at radius 1 is 1.06 bits per heavy atom. The Kier molecular flexibility index (Phi) is 7.96. The lowest BCUT2D eigenvalue weighted by Gasteiger charge is -1.98. The summed E-state index contributed by atoms with van der Waals surface area (Å²) in [5.74, 6) is 0. The average molecular weight is 217 g/mol. The van der Waals surface area contributed by atoms with E-state index in [-0.39, 0.29) is 0 Å². The van der Waals surface area contributed by atoms with Crippen LogP contribution in [0.3, 0.4) is 0 Å². The third kappa shape index (κ3) is 6.88. The van der Waals surface area contributed by atoms with Crippen LogP contribution in [-0.2, 0) is 0 Å². The fraction of sp³-hybridized carbons (Fsp3) is 0.333. The second kappa shape index (κ2) is 8.78. The van der Waals surface area contributed by atoms with Crippen LogP contribution in [0.4, 0.5) is 0 Å². The van der Waals surface area contributed by atoms with E-state index in [1.54, 1.807) is 0 Å². The summed E-state index contributed by atoms with van der Waals surface area (Å²) < 4.78 is 0. The normalized spacial score (nSPS) is 10.1. The van der Waals surface area contributed by atoms with E-state index in [1.165, 1.54) is 12.0 Å². The predicted molar refractivity (Wildman–Crippen MR) is 74.0 cm³/mol. The van der Waals surface area contributed by atoms with Crippen LogP contribution in [0, 0.1) is 0 Å². The summed E-state index contributed by atoms with van der Waals surface area (Å²) in [6.07, 6.45) is 5.20. The highest BCUT2D eigenvalue weighted by molar-refractivity contribution is 5.63. The zero-order valence-corrected chi connectivity index (χ0v) is 10.8. The van der Waals surface area contributed by atoms with E-state index < -0.39 is 0 Å². The quantitative estimate of drug-likeness (QED) is 0.731. The fourth-order valence-corrected chi connectivity index (χ4v) is 0.983. The Hall–Kier alpha value is -1.50. The third-order valence-corrected chi connectivity index (χ3v) is 1.70. The first-order valence-electron chi connectivity index (χ1n) is 5.77. The van der Waals surface area contributed by atoms with Crippen molar-refractivity contribution in [2.75, 3.05) is 0 Å². The molecule has 0 amide bonds. The van der Waals surface area contributed by atoms with Crippen molar-refractivity contribution in [1.29, 1.82) is 0 Å².